The second-order valence-corrected chi connectivity index (χ2v) is 8.22. The van der Waals surface area contributed by atoms with Crippen LogP contribution in [0.3, 0.4) is 0 Å². The van der Waals surface area contributed by atoms with Gasteiger partial charge in [-0.15, -0.1) is 0 Å². The number of carbonyl (C=O) groups is 1. The first-order valence-electron chi connectivity index (χ1n) is 9.07. The summed E-state index contributed by atoms with van der Waals surface area (Å²) in [5, 5.41) is 0. The van der Waals surface area contributed by atoms with Gasteiger partial charge in [0.25, 0.3) is 10.0 Å². The number of hydrogen-bond donors (Lipinski definition) is 1. The van der Waals surface area contributed by atoms with Crippen molar-refractivity contribution in [2.45, 2.75) is 24.7 Å². The molecule has 3 rings (SSSR count). The third-order valence-corrected chi connectivity index (χ3v) is 5.88. The molecule has 0 atom stereocenters. The molecule has 2 aromatic rings. The van der Waals surface area contributed by atoms with E-state index in [0.717, 1.165) is 6.42 Å². The van der Waals surface area contributed by atoms with E-state index in [9.17, 15) is 13.2 Å². The zero-order valence-electron chi connectivity index (χ0n) is 16.0. The molecule has 7 nitrogen and oxygen atoms in total. The summed E-state index contributed by atoms with van der Waals surface area (Å²) in [5.74, 6) is 0.610. The third-order valence-electron chi connectivity index (χ3n) is 4.51. The maximum atomic E-state index is 12.9. The monoisotopic (exact) mass is 404 g/mol. The van der Waals surface area contributed by atoms with Crippen molar-refractivity contribution in [3.05, 3.63) is 48.0 Å². The van der Waals surface area contributed by atoms with Gasteiger partial charge in [-0.05, 0) is 49.2 Å². The third kappa shape index (κ3) is 4.45. The Hall–Kier alpha value is -2.58. The van der Waals surface area contributed by atoms with Gasteiger partial charge in [0.1, 0.15) is 12.4 Å². The van der Waals surface area contributed by atoms with Crippen LogP contribution >= 0.6 is 0 Å². The number of methoxy groups -OCH3 is 1. The Bertz CT molecular complexity index is 959. The Labute approximate surface area is 165 Å². The first-order chi connectivity index (χ1) is 13.4. The molecule has 8 heteroatoms. The van der Waals surface area contributed by atoms with Gasteiger partial charge in [0, 0.05) is 20.1 Å². The number of nitrogens with one attached hydrogen (secondary N) is 1. The van der Waals surface area contributed by atoms with E-state index in [2.05, 4.69) is 4.72 Å². The highest BCUT2D eigenvalue weighted by Gasteiger charge is 2.25. The number of sulfonamides is 1. The molecule has 0 unspecified atom stereocenters. The van der Waals surface area contributed by atoms with E-state index in [4.69, 9.17) is 9.47 Å². The second-order valence-electron chi connectivity index (χ2n) is 6.54. The van der Waals surface area contributed by atoms with Crippen LogP contribution in [-0.2, 0) is 19.6 Å². The summed E-state index contributed by atoms with van der Waals surface area (Å²) in [6.45, 7) is 3.22. The molecule has 0 saturated carbocycles. The van der Waals surface area contributed by atoms with E-state index in [1.807, 2.05) is 0 Å². The number of carbonyl (C=O) groups excluding carboxylic acids is 1. The summed E-state index contributed by atoms with van der Waals surface area (Å²) in [7, 11) is -2.23. The zero-order valence-corrected chi connectivity index (χ0v) is 16.8. The van der Waals surface area contributed by atoms with Gasteiger partial charge in [0.15, 0.2) is 0 Å². The molecule has 0 aliphatic carbocycles. The highest BCUT2D eigenvalue weighted by molar-refractivity contribution is 7.92. The fraction of sp³-hybridized carbons (Fsp3) is 0.350. The number of nitrogens with zero attached hydrogens (tertiary/aromatic N) is 1. The molecule has 0 bridgehead atoms. The van der Waals surface area contributed by atoms with Crippen molar-refractivity contribution in [3.8, 4) is 5.75 Å². The zero-order chi connectivity index (χ0) is 20.1. The van der Waals surface area contributed by atoms with Crippen molar-refractivity contribution in [3.63, 3.8) is 0 Å². The average molecular weight is 404 g/mol. The number of ether oxygens (including phenoxy) is 2. The molecule has 0 aromatic heterocycles. The standard InChI is InChI=1S/C20H24N2O5S/c1-15-14-16(9-10-19(15)27-13-12-26-2)28(24,25)21-17-6-3-4-7-18(17)22-11-5-8-20(22)23/h3-4,6-7,9-10,14,21H,5,8,11-13H2,1-2H3. The minimum absolute atomic E-state index is 0.0000490. The summed E-state index contributed by atoms with van der Waals surface area (Å²) in [6.07, 6.45) is 1.24. The highest BCUT2D eigenvalue weighted by atomic mass is 32.2. The Morgan fingerprint density at radius 2 is 1.93 bits per heavy atom. The quantitative estimate of drug-likeness (QED) is 0.684. The second kappa shape index (κ2) is 8.62. The van der Waals surface area contributed by atoms with Crippen LogP contribution in [0.2, 0.25) is 0 Å². The molecular formula is C20H24N2O5S. The van der Waals surface area contributed by atoms with Crippen molar-refractivity contribution >= 4 is 27.3 Å². The molecule has 1 fully saturated rings. The fourth-order valence-electron chi connectivity index (χ4n) is 3.09. The highest BCUT2D eigenvalue weighted by Crippen LogP contribution is 2.31. The number of para-hydroxylation sites is 2. The van der Waals surface area contributed by atoms with E-state index >= 15 is 0 Å². The lowest BCUT2D eigenvalue weighted by molar-refractivity contribution is -0.117. The molecule has 0 radical (unpaired) electrons. The van der Waals surface area contributed by atoms with Gasteiger partial charge in [-0.1, -0.05) is 12.1 Å². The Morgan fingerprint density at radius 1 is 1.14 bits per heavy atom. The van der Waals surface area contributed by atoms with Gasteiger partial charge in [0.2, 0.25) is 5.91 Å². The van der Waals surface area contributed by atoms with Crippen molar-refractivity contribution in [1.29, 1.82) is 0 Å². The van der Waals surface area contributed by atoms with Gasteiger partial charge < -0.3 is 14.4 Å². The fourth-order valence-corrected chi connectivity index (χ4v) is 4.25. The van der Waals surface area contributed by atoms with Crippen molar-refractivity contribution in [2.75, 3.05) is 36.5 Å². The summed E-state index contributed by atoms with van der Waals surface area (Å²) in [5.41, 5.74) is 1.67. The Kier molecular flexibility index (Phi) is 6.21. The number of amides is 1. The van der Waals surface area contributed by atoms with Crippen LogP contribution in [0.25, 0.3) is 0 Å². The largest absolute Gasteiger partial charge is 0.491 e. The number of aryl methyl sites for hydroxylation is 1. The van der Waals surface area contributed by atoms with Gasteiger partial charge in [-0.25, -0.2) is 8.42 Å². The molecule has 1 heterocycles. The summed E-state index contributed by atoms with van der Waals surface area (Å²) < 4.78 is 38.9. The lowest BCUT2D eigenvalue weighted by Crippen LogP contribution is -2.25. The van der Waals surface area contributed by atoms with Gasteiger partial charge in [0.05, 0.1) is 22.9 Å². The topological polar surface area (TPSA) is 84.9 Å². The molecule has 0 spiro atoms. The van der Waals surface area contributed by atoms with E-state index in [1.54, 1.807) is 55.3 Å². The van der Waals surface area contributed by atoms with E-state index in [1.165, 1.54) is 6.07 Å². The van der Waals surface area contributed by atoms with E-state index in [-0.39, 0.29) is 10.8 Å². The van der Waals surface area contributed by atoms with Crippen molar-refractivity contribution in [1.82, 2.24) is 0 Å². The number of rotatable bonds is 8. The maximum absolute atomic E-state index is 12.9. The molecule has 150 valence electrons. The van der Waals surface area contributed by atoms with Gasteiger partial charge in [-0.2, -0.15) is 0 Å². The molecule has 2 aromatic carbocycles. The Balaban J connectivity index is 1.83. The molecule has 1 aliphatic heterocycles. The van der Waals surface area contributed by atoms with Crippen LogP contribution in [0.1, 0.15) is 18.4 Å². The minimum atomic E-state index is -3.82. The average Bonchev–Trinajstić information content (AvgIpc) is 3.09. The summed E-state index contributed by atoms with van der Waals surface area (Å²) in [4.78, 5) is 13.8. The van der Waals surface area contributed by atoms with E-state index in [0.29, 0.717) is 48.9 Å². The molecule has 1 aliphatic rings. The first kappa shape index (κ1) is 20.2. The van der Waals surface area contributed by atoms with Crippen LogP contribution in [0.15, 0.2) is 47.4 Å². The smallest absolute Gasteiger partial charge is 0.261 e. The SMILES string of the molecule is COCCOc1ccc(S(=O)(=O)Nc2ccccc2N2CCCC2=O)cc1C. The summed E-state index contributed by atoms with van der Waals surface area (Å²) >= 11 is 0. The lowest BCUT2D eigenvalue weighted by atomic mass is 10.2. The van der Waals surface area contributed by atoms with E-state index < -0.39 is 10.0 Å². The van der Waals surface area contributed by atoms with Crippen LogP contribution in [0, 0.1) is 6.92 Å². The molecule has 1 N–H and O–H groups in total. The predicted molar refractivity (Wildman–Crippen MR) is 107 cm³/mol. The number of benzene rings is 2. The maximum Gasteiger partial charge on any atom is 0.261 e. The Morgan fingerprint density at radius 3 is 2.61 bits per heavy atom. The van der Waals surface area contributed by atoms with Gasteiger partial charge in [-0.3, -0.25) is 9.52 Å². The van der Waals surface area contributed by atoms with Crippen molar-refractivity contribution < 1.29 is 22.7 Å². The number of hydrogen-bond acceptors (Lipinski definition) is 5. The summed E-state index contributed by atoms with van der Waals surface area (Å²) in [6, 6.07) is 11.6. The molecule has 1 amide bonds. The van der Waals surface area contributed by atoms with Crippen LogP contribution in [-0.4, -0.2) is 41.2 Å². The van der Waals surface area contributed by atoms with Crippen molar-refractivity contribution in [2.24, 2.45) is 0 Å². The normalized spacial score (nSPS) is 14.4. The van der Waals surface area contributed by atoms with Crippen LogP contribution in [0.5, 0.6) is 5.75 Å². The predicted octanol–water partition coefficient (Wildman–Crippen LogP) is 2.95. The number of anilines is 2. The van der Waals surface area contributed by atoms with Crippen LogP contribution in [0.4, 0.5) is 11.4 Å². The molecule has 28 heavy (non-hydrogen) atoms. The van der Waals surface area contributed by atoms with Crippen LogP contribution < -0.4 is 14.4 Å². The lowest BCUT2D eigenvalue weighted by Gasteiger charge is -2.20. The minimum Gasteiger partial charge on any atom is -0.491 e. The molecule has 1 saturated heterocycles. The van der Waals surface area contributed by atoms with Gasteiger partial charge >= 0.3 is 0 Å². The molecular weight excluding hydrogens is 380 g/mol. The first-order valence-corrected chi connectivity index (χ1v) is 10.6.